The lowest BCUT2D eigenvalue weighted by molar-refractivity contribution is -0.133. The average Bonchev–Trinajstić information content (AvgIpc) is 2.99. The van der Waals surface area contributed by atoms with E-state index < -0.39 is 0 Å². The molecule has 1 aliphatic rings. The fourth-order valence-corrected chi connectivity index (χ4v) is 4.36. The summed E-state index contributed by atoms with van der Waals surface area (Å²) in [7, 11) is 0. The van der Waals surface area contributed by atoms with Crippen LogP contribution in [0.1, 0.15) is 47.6 Å². The molecule has 0 aliphatic carbocycles. The number of carbonyl (C=O) groups excluding carboxylic acids is 2. The standard InChI is InChI=1S/C20H26N4O2S/c1-3-15-13-23(19(26)18-16(4-2)22-20(21)27-18)11-10-17(25)24(15)12-14-8-6-5-7-9-14/h5-9,15H,3-4,10-13H2,1-2H3,(H2,21,22)/t15-/m1/s1. The minimum absolute atomic E-state index is 0.000462. The zero-order valence-electron chi connectivity index (χ0n) is 15.9. The molecule has 0 unspecified atom stereocenters. The number of nitrogen functional groups attached to an aromatic ring is 1. The monoisotopic (exact) mass is 386 g/mol. The second kappa shape index (κ2) is 8.52. The van der Waals surface area contributed by atoms with Crippen molar-refractivity contribution in [2.45, 2.75) is 45.7 Å². The van der Waals surface area contributed by atoms with Crippen molar-refractivity contribution in [3.63, 3.8) is 0 Å². The smallest absolute Gasteiger partial charge is 0.266 e. The lowest BCUT2D eigenvalue weighted by atomic mass is 10.1. The summed E-state index contributed by atoms with van der Waals surface area (Å²) in [6, 6.07) is 9.99. The number of hydrogen-bond donors (Lipinski definition) is 1. The van der Waals surface area contributed by atoms with Crippen molar-refractivity contribution in [3.05, 3.63) is 46.5 Å². The Labute approximate surface area is 164 Å². The predicted molar refractivity (Wildman–Crippen MR) is 107 cm³/mol. The van der Waals surface area contributed by atoms with Crippen molar-refractivity contribution < 1.29 is 9.59 Å². The summed E-state index contributed by atoms with van der Waals surface area (Å²) < 4.78 is 0. The molecule has 2 heterocycles. The van der Waals surface area contributed by atoms with Gasteiger partial charge in [0.1, 0.15) is 4.88 Å². The third-order valence-electron chi connectivity index (χ3n) is 4.99. The summed E-state index contributed by atoms with van der Waals surface area (Å²) in [6.07, 6.45) is 1.80. The summed E-state index contributed by atoms with van der Waals surface area (Å²) in [6.45, 7) is 5.57. The summed E-state index contributed by atoms with van der Waals surface area (Å²) in [5.41, 5.74) is 7.66. The molecule has 7 heteroatoms. The van der Waals surface area contributed by atoms with E-state index in [0.717, 1.165) is 17.7 Å². The topological polar surface area (TPSA) is 79.5 Å². The summed E-state index contributed by atoms with van der Waals surface area (Å²) in [5.74, 6) is 0.0365. The van der Waals surface area contributed by atoms with Gasteiger partial charge in [-0.25, -0.2) is 4.98 Å². The molecule has 27 heavy (non-hydrogen) atoms. The van der Waals surface area contributed by atoms with Crippen LogP contribution in [0.25, 0.3) is 0 Å². The lowest BCUT2D eigenvalue weighted by Crippen LogP contribution is -2.43. The van der Waals surface area contributed by atoms with Gasteiger partial charge >= 0.3 is 0 Å². The van der Waals surface area contributed by atoms with E-state index in [9.17, 15) is 9.59 Å². The maximum Gasteiger partial charge on any atom is 0.266 e. The zero-order chi connectivity index (χ0) is 19.4. The van der Waals surface area contributed by atoms with Gasteiger partial charge in [0.05, 0.1) is 5.69 Å². The van der Waals surface area contributed by atoms with Crippen molar-refractivity contribution in [3.8, 4) is 0 Å². The summed E-state index contributed by atoms with van der Waals surface area (Å²) >= 11 is 1.24. The quantitative estimate of drug-likeness (QED) is 0.857. The van der Waals surface area contributed by atoms with Gasteiger partial charge in [0.2, 0.25) is 5.91 Å². The minimum Gasteiger partial charge on any atom is -0.375 e. The Bertz CT molecular complexity index is 806. The molecule has 0 radical (unpaired) electrons. The van der Waals surface area contributed by atoms with E-state index in [2.05, 4.69) is 11.9 Å². The Morgan fingerprint density at radius 2 is 2.04 bits per heavy atom. The molecule has 2 N–H and O–H groups in total. The number of amides is 2. The fraction of sp³-hybridized carbons (Fsp3) is 0.450. The maximum absolute atomic E-state index is 13.1. The fourth-order valence-electron chi connectivity index (χ4n) is 3.47. The van der Waals surface area contributed by atoms with Crippen molar-refractivity contribution in [1.82, 2.24) is 14.8 Å². The molecular weight excluding hydrogens is 360 g/mol. The van der Waals surface area contributed by atoms with E-state index in [4.69, 9.17) is 5.73 Å². The van der Waals surface area contributed by atoms with E-state index in [-0.39, 0.29) is 17.9 Å². The second-order valence-corrected chi connectivity index (χ2v) is 7.78. The van der Waals surface area contributed by atoms with Crippen molar-refractivity contribution in [2.24, 2.45) is 0 Å². The van der Waals surface area contributed by atoms with E-state index in [1.165, 1.54) is 11.3 Å². The molecule has 2 aromatic rings. The number of nitrogens with zero attached hydrogens (tertiary/aromatic N) is 3. The molecule has 3 rings (SSSR count). The Hall–Kier alpha value is -2.41. The molecule has 6 nitrogen and oxygen atoms in total. The van der Waals surface area contributed by atoms with Crippen molar-refractivity contribution >= 4 is 28.3 Å². The SMILES string of the molecule is CCc1nc(N)sc1C(=O)N1CCC(=O)N(Cc2ccccc2)[C@H](CC)C1. The van der Waals surface area contributed by atoms with Gasteiger partial charge in [-0.1, -0.05) is 55.5 Å². The number of aryl methyl sites for hydroxylation is 1. The first-order valence-electron chi connectivity index (χ1n) is 9.41. The highest BCUT2D eigenvalue weighted by Gasteiger charge is 2.32. The van der Waals surface area contributed by atoms with Gasteiger partial charge in [0.15, 0.2) is 5.13 Å². The molecular formula is C20H26N4O2S. The first-order chi connectivity index (χ1) is 13.0. The number of aromatic nitrogens is 1. The van der Waals surface area contributed by atoms with Crippen LogP contribution in [0.3, 0.4) is 0 Å². The molecule has 0 spiro atoms. The van der Waals surface area contributed by atoms with Crippen LogP contribution in [0.5, 0.6) is 0 Å². The molecule has 1 atom stereocenters. The van der Waals surface area contributed by atoms with Crippen LogP contribution in [0.15, 0.2) is 30.3 Å². The highest BCUT2D eigenvalue weighted by atomic mass is 32.1. The Morgan fingerprint density at radius 1 is 1.30 bits per heavy atom. The van der Waals surface area contributed by atoms with E-state index in [0.29, 0.717) is 42.5 Å². The van der Waals surface area contributed by atoms with Crippen LogP contribution < -0.4 is 5.73 Å². The first kappa shape index (κ1) is 19.4. The molecule has 1 saturated heterocycles. The molecule has 1 aliphatic heterocycles. The number of hydrogen-bond acceptors (Lipinski definition) is 5. The molecule has 0 bridgehead atoms. The van der Waals surface area contributed by atoms with E-state index in [1.807, 2.05) is 42.2 Å². The number of thiazole rings is 1. The number of benzene rings is 1. The van der Waals surface area contributed by atoms with Gasteiger partial charge in [-0.2, -0.15) is 0 Å². The van der Waals surface area contributed by atoms with Gasteiger partial charge in [-0.3, -0.25) is 9.59 Å². The molecule has 1 aromatic carbocycles. The van der Waals surface area contributed by atoms with Crippen LogP contribution in [0, 0.1) is 0 Å². The van der Waals surface area contributed by atoms with Gasteiger partial charge < -0.3 is 15.5 Å². The number of nitrogens with two attached hydrogens (primary N) is 1. The van der Waals surface area contributed by atoms with Crippen LogP contribution in [-0.2, 0) is 17.8 Å². The van der Waals surface area contributed by atoms with Crippen molar-refractivity contribution in [1.29, 1.82) is 0 Å². The predicted octanol–water partition coefficient (Wildman–Crippen LogP) is 2.94. The Morgan fingerprint density at radius 3 is 2.70 bits per heavy atom. The minimum atomic E-state index is -0.0612. The third kappa shape index (κ3) is 4.30. The normalized spacial score (nSPS) is 17.9. The van der Waals surface area contributed by atoms with Crippen LogP contribution in [-0.4, -0.2) is 45.7 Å². The second-order valence-electron chi connectivity index (χ2n) is 6.75. The molecule has 1 fully saturated rings. The summed E-state index contributed by atoms with van der Waals surface area (Å²) in [5, 5.41) is 0.416. The Kier molecular flexibility index (Phi) is 6.11. The average molecular weight is 387 g/mol. The molecule has 2 amide bonds. The number of rotatable bonds is 5. The lowest BCUT2D eigenvalue weighted by Gasteiger charge is -2.31. The first-order valence-corrected chi connectivity index (χ1v) is 10.2. The Balaban J connectivity index is 1.80. The third-order valence-corrected chi connectivity index (χ3v) is 5.90. The highest BCUT2D eigenvalue weighted by Crippen LogP contribution is 2.25. The molecule has 144 valence electrons. The maximum atomic E-state index is 13.1. The summed E-state index contributed by atoms with van der Waals surface area (Å²) in [4.78, 5) is 34.5. The van der Waals surface area contributed by atoms with Crippen LogP contribution in [0.2, 0.25) is 0 Å². The van der Waals surface area contributed by atoms with Gasteiger partial charge in [0.25, 0.3) is 5.91 Å². The van der Waals surface area contributed by atoms with Crippen LogP contribution in [0.4, 0.5) is 5.13 Å². The van der Waals surface area contributed by atoms with Gasteiger partial charge in [0, 0.05) is 32.1 Å². The van der Waals surface area contributed by atoms with Gasteiger partial charge in [-0.15, -0.1) is 0 Å². The number of carbonyl (C=O) groups is 2. The van der Waals surface area contributed by atoms with Gasteiger partial charge in [-0.05, 0) is 18.4 Å². The van der Waals surface area contributed by atoms with Crippen LogP contribution >= 0.6 is 11.3 Å². The van der Waals surface area contributed by atoms with E-state index >= 15 is 0 Å². The van der Waals surface area contributed by atoms with E-state index in [1.54, 1.807) is 4.90 Å². The molecule has 0 saturated carbocycles. The van der Waals surface area contributed by atoms with Crippen molar-refractivity contribution in [2.75, 3.05) is 18.8 Å². The molecule has 1 aromatic heterocycles. The zero-order valence-corrected chi connectivity index (χ0v) is 16.7. The highest BCUT2D eigenvalue weighted by molar-refractivity contribution is 7.17. The largest absolute Gasteiger partial charge is 0.375 e. The number of anilines is 1.